The fraction of sp³-hybridized carbons (Fsp3) is 0.846. The van der Waals surface area contributed by atoms with Crippen LogP contribution in [0.25, 0.3) is 0 Å². The molecule has 0 spiro atoms. The molecule has 0 aromatic heterocycles. The van der Waals surface area contributed by atoms with Crippen molar-refractivity contribution >= 4 is 11.7 Å². The number of amides is 1. The minimum absolute atomic E-state index is 0.244. The molecular formula is C13H26N3O+. The van der Waals surface area contributed by atoms with Gasteiger partial charge in [-0.05, 0) is 26.2 Å². The van der Waals surface area contributed by atoms with Crippen molar-refractivity contribution < 1.29 is 9.28 Å². The molecule has 4 heteroatoms. The smallest absolute Gasteiger partial charge is 0.227 e. The highest BCUT2D eigenvalue weighted by Crippen LogP contribution is 2.08. The molecule has 0 radical (unpaired) electrons. The summed E-state index contributed by atoms with van der Waals surface area (Å²) in [5.41, 5.74) is 0. The van der Waals surface area contributed by atoms with Gasteiger partial charge in [0.05, 0.1) is 34.2 Å². The second kappa shape index (κ2) is 6.15. The van der Waals surface area contributed by atoms with Gasteiger partial charge in [0.1, 0.15) is 5.84 Å². The van der Waals surface area contributed by atoms with Crippen LogP contribution in [0.4, 0.5) is 0 Å². The lowest BCUT2D eigenvalue weighted by atomic mass is 10.1. The zero-order valence-corrected chi connectivity index (χ0v) is 11.7. The number of quaternary nitrogens is 1. The van der Waals surface area contributed by atoms with Crippen LogP contribution in [0.15, 0.2) is 4.99 Å². The van der Waals surface area contributed by atoms with Crippen LogP contribution in [-0.4, -0.2) is 61.9 Å². The maximum Gasteiger partial charge on any atom is 0.227 e. The molecule has 0 aromatic rings. The Bertz CT molecular complexity index is 292. The molecule has 17 heavy (non-hydrogen) atoms. The molecule has 0 bridgehead atoms. The number of amidine groups is 1. The first-order valence-electron chi connectivity index (χ1n) is 6.52. The van der Waals surface area contributed by atoms with E-state index in [0.29, 0.717) is 6.42 Å². The van der Waals surface area contributed by atoms with E-state index in [4.69, 9.17) is 0 Å². The summed E-state index contributed by atoms with van der Waals surface area (Å²) in [7, 11) is 6.61. The van der Waals surface area contributed by atoms with Crippen LogP contribution in [0.1, 0.15) is 32.6 Å². The molecular weight excluding hydrogens is 214 g/mol. The third-order valence-corrected chi connectivity index (χ3v) is 3.08. The van der Waals surface area contributed by atoms with Crippen molar-refractivity contribution in [1.29, 1.82) is 0 Å². The molecule has 0 saturated heterocycles. The quantitative estimate of drug-likeness (QED) is 0.512. The van der Waals surface area contributed by atoms with E-state index >= 15 is 0 Å². The van der Waals surface area contributed by atoms with E-state index in [1.165, 1.54) is 13.0 Å². The Morgan fingerprint density at radius 1 is 1.29 bits per heavy atom. The minimum Gasteiger partial charge on any atom is -0.331 e. The molecule has 1 heterocycles. The molecule has 0 unspecified atom stereocenters. The Balaban J connectivity index is 2.11. The molecule has 98 valence electrons. The number of aliphatic imine (C=N–C) groups is 1. The summed E-state index contributed by atoms with van der Waals surface area (Å²) in [5, 5.41) is 0. The van der Waals surface area contributed by atoms with Crippen LogP contribution in [0, 0.1) is 0 Å². The molecule has 0 aliphatic carbocycles. The summed E-state index contributed by atoms with van der Waals surface area (Å²) in [6, 6.07) is 0. The third-order valence-electron chi connectivity index (χ3n) is 3.08. The minimum atomic E-state index is 0.244. The van der Waals surface area contributed by atoms with Gasteiger partial charge in [-0.3, -0.25) is 14.7 Å². The zero-order chi connectivity index (χ0) is 12.9. The van der Waals surface area contributed by atoms with Crippen molar-refractivity contribution in [1.82, 2.24) is 4.90 Å². The predicted octanol–water partition coefficient (Wildman–Crippen LogP) is 1.51. The van der Waals surface area contributed by atoms with Crippen LogP contribution < -0.4 is 0 Å². The average molecular weight is 240 g/mol. The molecule has 1 aliphatic heterocycles. The molecule has 1 rings (SSSR count). The Kier molecular flexibility index (Phi) is 5.12. The summed E-state index contributed by atoms with van der Waals surface area (Å²) in [5.74, 6) is 1.13. The first-order valence-corrected chi connectivity index (χ1v) is 6.52. The normalized spacial score (nSPS) is 16.2. The number of carbonyl (C=O) groups excluding carboxylic acids is 1. The van der Waals surface area contributed by atoms with Gasteiger partial charge in [-0.1, -0.05) is 0 Å². The van der Waals surface area contributed by atoms with Gasteiger partial charge >= 0.3 is 0 Å². The monoisotopic (exact) mass is 240 g/mol. The Hall–Kier alpha value is -0.900. The fourth-order valence-corrected chi connectivity index (χ4v) is 2.04. The topological polar surface area (TPSA) is 32.7 Å². The molecule has 0 N–H and O–H groups in total. The highest BCUT2D eigenvalue weighted by Gasteiger charge is 2.19. The SMILES string of the molecule is CC1=NCCN1C(=O)CCCCC[N+](C)(C)C. The highest BCUT2D eigenvalue weighted by molar-refractivity contribution is 5.98. The second-order valence-electron chi connectivity index (χ2n) is 5.80. The van der Waals surface area contributed by atoms with Gasteiger partial charge in [0, 0.05) is 13.0 Å². The van der Waals surface area contributed by atoms with E-state index in [0.717, 1.165) is 36.2 Å². The lowest BCUT2D eigenvalue weighted by Gasteiger charge is -2.23. The largest absolute Gasteiger partial charge is 0.331 e. The van der Waals surface area contributed by atoms with E-state index in [1.54, 1.807) is 0 Å². The van der Waals surface area contributed by atoms with Gasteiger partial charge in [0.25, 0.3) is 0 Å². The fourth-order valence-electron chi connectivity index (χ4n) is 2.04. The maximum absolute atomic E-state index is 11.9. The number of unbranched alkanes of at least 4 members (excludes halogenated alkanes) is 2. The van der Waals surface area contributed by atoms with Crippen molar-refractivity contribution in [2.24, 2.45) is 4.99 Å². The number of hydrogen-bond donors (Lipinski definition) is 0. The number of rotatable bonds is 6. The zero-order valence-electron chi connectivity index (χ0n) is 11.7. The van der Waals surface area contributed by atoms with Crippen molar-refractivity contribution in [3.8, 4) is 0 Å². The summed E-state index contributed by atoms with van der Waals surface area (Å²) in [6.07, 6.45) is 4.02. The van der Waals surface area contributed by atoms with E-state index < -0.39 is 0 Å². The summed E-state index contributed by atoms with van der Waals surface area (Å²) >= 11 is 0. The van der Waals surface area contributed by atoms with Gasteiger partial charge < -0.3 is 4.48 Å². The molecule has 4 nitrogen and oxygen atoms in total. The molecule has 1 amide bonds. The predicted molar refractivity (Wildman–Crippen MR) is 71.1 cm³/mol. The van der Waals surface area contributed by atoms with Crippen LogP contribution in [0.5, 0.6) is 0 Å². The summed E-state index contributed by atoms with van der Waals surface area (Å²) in [4.78, 5) is 17.9. The lowest BCUT2D eigenvalue weighted by molar-refractivity contribution is -0.870. The van der Waals surface area contributed by atoms with Gasteiger partial charge in [-0.2, -0.15) is 0 Å². The first-order chi connectivity index (χ1) is 7.90. The number of hydrogen-bond acceptors (Lipinski definition) is 2. The van der Waals surface area contributed by atoms with E-state index in [1.807, 2.05) is 11.8 Å². The Morgan fingerprint density at radius 2 is 2.00 bits per heavy atom. The average Bonchev–Trinajstić information content (AvgIpc) is 2.62. The van der Waals surface area contributed by atoms with Crippen LogP contribution in [-0.2, 0) is 4.79 Å². The van der Waals surface area contributed by atoms with Crippen LogP contribution in [0.2, 0.25) is 0 Å². The van der Waals surface area contributed by atoms with Crippen LogP contribution >= 0.6 is 0 Å². The molecule has 0 saturated carbocycles. The van der Waals surface area contributed by atoms with Gasteiger partial charge in [-0.25, -0.2) is 0 Å². The van der Waals surface area contributed by atoms with Gasteiger partial charge in [-0.15, -0.1) is 0 Å². The Morgan fingerprint density at radius 3 is 2.53 bits per heavy atom. The van der Waals surface area contributed by atoms with Crippen molar-refractivity contribution in [2.45, 2.75) is 32.6 Å². The maximum atomic E-state index is 11.9. The standard InChI is InChI=1S/C13H26N3O/c1-12-14-9-10-15(12)13(17)8-6-5-7-11-16(2,3)4/h5-11H2,1-4H3/q+1. The van der Waals surface area contributed by atoms with Crippen molar-refractivity contribution in [3.05, 3.63) is 0 Å². The highest BCUT2D eigenvalue weighted by atomic mass is 16.2. The van der Waals surface area contributed by atoms with Crippen molar-refractivity contribution in [2.75, 3.05) is 40.8 Å². The molecule has 0 fully saturated rings. The van der Waals surface area contributed by atoms with Crippen LogP contribution in [0.3, 0.4) is 0 Å². The molecule has 0 atom stereocenters. The van der Waals surface area contributed by atoms with E-state index in [-0.39, 0.29) is 5.91 Å². The number of nitrogens with zero attached hydrogens (tertiary/aromatic N) is 3. The second-order valence-corrected chi connectivity index (χ2v) is 5.80. The lowest BCUT2D eigenvalue weighted by Crippen LogP contribution is -2.35. The number of carbonyl (C=O) groups is 1. The summed E-state index contributed by atoms with van der Waals surface area (Å²) in [6.45, 7) is 4.66. The van der Waals surface area contributed by atoms with Crippen molar-refractivity contribution in [3.63, 3.8) is 0 Å². The van der Waals surface area contributed by atoms with E-state index in [9.17, 15) is 4.79 Å². The third kappa shape index (κ3) is 5.31. The van der Waals surface area contributed by atoms with E-state index in [2.05, 4.69) is 26.1 Å². The van der Waals surface area contributed by atoms with Gasteiger partial charge in [0.15, 0.2) is 0 Å². The molecule has 0 aromatic carbocycles. The summed E-state index contributed by atoms with van der Waals surface area (Å²) < 4.78 is 1.01. The first kappa shape index (κ1) is 14.2. The van der Waals surface area contributed by atoms with Gasteiger partial charge in [0.2, 0.25) is 5.91 Å². The Labute approximate surface area is 105 Å². The molecule has 1 aliphatic rings.